The third kappa shape index (κ3) is 6.31. The van der Waals surface area contributed by atoms with Crippen LogP contribution in [0.15, 0.2) is 0 Å². The lowest BCUT2D eigenvalue weighted by Gasteiger charge is -2.18. The van der Waals surface area contributed by atoms with Gasteiger partial charge in [-0.1, -0.05) is 50.7 Å². The van der Waals surface area contributed by atoms with Crippen molar-refractivity contribution in [1.82, 2.24) is 0 Å². The average molecular weight is 294 g/mol. The second-order valence-electron chi connectivity index (χ2n) is 1.83. The molecule has 0 aliphatic carbocycles. The van der Waals surface area contributed by atoms with E-state index in [4.69, 9.17) is 34.8 Å². The van der Waals surface area contributed by atoms with E-state index in [0.717, 1.165) is 0 Å². The first-order valence-corrected chi connectivity index (χ1v) is 4.45. The van der Waals surface area contributed by atoms with Gasteiger partial charge in [0.15, 0.2) is 3.79 Å². The molecule has 0 N–H and O–H groups in total. The van der Waals surface area contributed by atoms with E-state index in [1.807, 2.05) is 0 Å². The van der Waals surface area contributed by atoms with Gasteiger partial charge >= 0.3 is 6.18 Å². The molecule has 0 heterocycles. The van der Waals surface area contributed by atoms with Crippen LogP contribution in [-0.4, -0.2) is 14.8 Å². The molecule has 0 bridgehead atoms. The molecule has 0 aromatic heterocycles. The molecule has 68 valence electrons. The highest BCUT2D eigenvalue weighted by atomic mass is 79.9. The van der Waals surface area contributed by atoms with Gasteiger partial charge in [0, 0.05) is 6.42 Å². The van der Waals surface area contributed by atoms with Gasteiger partial charge in [-0.2, -0.15) is 13.2 Å². The molecule has 0 saturated heterocycles. The maximum absolute atomic E-state index is 11.8. The molecule has 0 rings (SSSR count). The fourth-order valence-electron chi connectivity index (χ4n) is 0.319. The summed E-state index contributed by atoms with van der Waals surface area (Å²) in [6.07, 6.45) is -4.97. The summed E-state index contributed by atoms with van der Waals surface area (Å²) in [5.74, 6) is 0. The smallest absolute Gasteiger partial charge is 0.170 e. The van der Waals surface area contributed by atoms with Crippen LogP contribution in [0.1, 0.15) is 6.42 Å². The summed E-state index contributed by atoms with van der Waals surface area (Å²) < 4.78 is 33.4. The molecular formula is C4H3BrCl3F3. The van der Waals surface area contributed by atoms with E-state index in [1.54, 1.807) is 0 Å². The molecule has 0 aromatic carbocycles. The van der Waals surface area contributed by atoms with Crippen molar-refractivity contribution in [3.63, 3.8) is 0 Å². The Balaban J connectivity index is 3.99. The number of hydrogen-bond donors (Lipinski definition) is 0. The van der Waals surface area contributed by atoms with Gasteiger partial charge in [-0.3, -0.25) is 0 Å². The third-order valence-electron chi connectivity index (χ3n) is 0.766. The number of hydrogen-bond acceptors (Lipinski definition) is 0. The second kappa shape index (κ2) is 3.90. The van der Waals surface area contributed by atoms with Crippen LogP contribution in [0.2, 0.25) is 0 Å². The van der Waals surface area contributed by atoms with E-state index < -0.39 is 21.2 Å². The zero-order valence-electron chi connectivity index (χ0n) is 4.93. The van der Waals surface area contributed by atoms with Crippen LogP contribution in [0.4, 0.5) is 13.2 Å². The van der Waals surface area contributed by atoms with Crippen molar-refractivity contribution in [2.45, 2.75) is 21.2 Å². The lowest BCUT2D eigenvalue weighted by Crippen LogP contribution is -2.27. The first-order valence-electron chi connectivity index (χ1n) is 2.40. The SMILES string of the molecule is FC(F)(F)C(Br)CC(Cl)(Cl)Cl. The predicted octanol–water partition coefficient (Wildman–Crippen LogP) is 4.07. The standard InChI is InChI=1S/C4H3BrCl3F3/c5-2(4(9,10)11)1-3(6,7)8/h2H,1H2. The van der Waals surface area contributed by atoms with E-state index in [0.29, 0.717) is 0 Å². The molecule has 0 fully saturated rings. The molecule has 0 aliphatic rings. The average Bonchev–Trinajstić information content (AvgIpc) is 1.56. The summed E-state index contributed by atoms with van der Waals surface area (Å²) in [6, 6.07) is 0. The minimum Gasteiger partial charge on any atom is -0.170 e. The van der Waals surface area contributed by atoms with Gasteiger partial charge in [0.1, 0.15) is 4.83 Å². The maximum atomic E-state index is 11.8. The topological polar surface area (TPSA) is 0 Å². The minimum atomic E-state index is -4.37. The molecular weight excluding hydrogens is 291 g/mol. The predicted molar refractivity (Wildman–Crippen MR) is 43.7 cm³/mol. The Bertz CT molecular complexity index is 130. The van der Waals surface area contributed by atoms with Gasteiger partial charge < -0.3 is 0 Å². The Labute approximate surface area is 85.1 Å². The Morgan fingerprint density at radius 2 is 1.55 bits per heavy atom. The first kappa shape index (κ1) is 12.1. The van der Waals surface area contributed by atoms with Gasteiger partial charge in [-0.05, 0) is 0 Å². The molecule has 0 aliphatic heterocycles. The molecule has 11 heavy (non-hydrogen) atoms. The van der Waals surface area contributed by atoms with Crippen molar-refractivity contribution in [3.8, 4) is 0 Å². The Hall–Kier alpha value is 1.14. The van der Waals surface area contributed by atoms with Gasteiger partial charge in [-0.25, -0.2) is 0 Å². The van der Waals surface area contributed by atoms with Crippen LogP contribution >= 0.6 is 50.7 Å². The maximum Gasteiger partial charge on any atom is 0.401 e. The van der Waals surface area contributed by atoms with E-state index in [1.165, 1.54) is 0 Å². The van der Waals surface area contributed by atoms with Gasteiger partial charge in [0.2, 0.25) is 0 Å². The van der Waals surface area contributed by atoms with Crippen molar-refractivity contribution in [2.75, 3.05) is 0 Å². The fraction of sp³-hybridized carbons (Fsp3) is 1.00. The van der Waals surface area contributed by atoms with E-state index >= 15 is 0 Å². The first-order chi connectivity index (χ1) is 4.63. The monoisotopic (exact) mass is 292 g/mol. The second-order valence-corrected chi connectivity index (χ2v) is 5.45. The Kier molecular flexibility index (Phi) is 4.30. The van der Waals surface area contributed by atoms with E-state index in [9.17, 15) is 13.2 Å². The van der Waals surface area contributed by atoms with E-state index in [2.05, 4.69) is 15.9 Å². The summed E-state index contributed by atoms with van der Waals surface area (Å²) in [5, 5.41) is 0. The summed E-state index contributed by atoms with van der Waals surface area (Å²) in [5.41, 5.74) is 0. The largest absolute Gasteiger partial charge is 0.401 e. The molecule has 0 amide bonds. The Morgan fingerprint density at radius 1 is 1.18 bits per heavy atom. The van der Waals surface area contributed by atoms with Crippen LogP contribution in [-0.2, 0) is 0 Å². The summed E-state index contributed by atoms with van der Waals surface area (Å²) in [7, 11) is 0. The Morgan fingerprint density at radius 3 is 1.64 bits per heavy atom. The minimum absolute atomic E-state index is 0.596. The molecule has 1 unspecified atom stereocenters. The normalized spacial score (nSPS) is 16.6. The number of halogens is 7. The van der Waals surface area contributed by atoms with Crippen molar-refractivity contribution >= 4 is 50.7 Å². The summed E-state index contributed by atoms with van der Waals surface area (Å²) in [4.78, 5) is -1.78. The van der Waals surface area contributed by atoms with Gasteiger partial charge in [0.25, 0.3) is 0 Å². The quantitative estimate of drug-likeness (QED) is 0.639. The zero-order chi connectivity index (χ0) is 9.28. The fourth-order valence-corrected chi connectivity index (χ4v) is 1.83. The highest BCUT2D eigenvalue weighted by molar-refractivity contribution is 9.09. The molecule has 1 atom stereocenters. The molecule has 0 radical (unpaired) electrons. The van der Waals surface area contributed by atoms with Crippen molar-refractivity contribution in [3.05, 3.63) is 0 Å². The molecule has 0 spiro atoms. The lowest BCUT2D eigenvalue weighted by atomic mass is 10.3. The van der Waals surface area contributed by atoms with Crippen LogP contribution in [0.25, 0.3) is 0 Å². The van der Waals surface area contributed by atoms with Crippen LogP contribution < -0.4 is 0 Å². The highest BCUT2D eigenvalue weighted by Crippen LogP contribution is 2.39. The lowest BCUT2D eigenvalue weighted by molar-refractivity contribution is -0.127. The van der Waals surface area contributed by atoms with Crippen molar-refractivity contribution < 1.29 is 13.2 Å². The molecule has 0 saturated carbocycles. The highest BCUT2D eigenvalue weighted by Gasteiger charge is 2.41. The summed E-state index contributed by atoms with van der Waals surface area (Å²) >= 11 is 17.8. The van der Waals surface area contributed by atoms with Crippen molar-refractivity contribution in [1.29, 1.82) is 0 Å². The molecule has 0 aromatic rings. The molecule has 0 nitrogen and oxygen atoms in total. The van der Waals surface area contributed by atoms with Crippen LogP contribution in [0.5, 0.6) is 0 Å². The van der Waals surface area contributed by atoms with Crippen LogP contribution in [0.3, 0.4) is 0 Å². The summed E-state index contributed by atoms with van der Waals surface area (Å²) in [6.45, 7) is 0. The van der Waals surface area contributed by atoms with E-state index in [-0.39, 0.29) is 0 Å². The van der Waals surface area contributed by atoms with Crippen LogP contribution in [0, 0.1) is 0 Å². The number of rotatable bonds is 1. The molecule has 7 heteroatoms. The number of alkyl halides is 7. The van der Waals surface area contributed by atoms with Crippen molar-refractivity contribution in [2.24, 2.45) is 0 Å². The zero-order valence-corrected chi connectivity index (χ0v) is 8.78. The van der Waals surface area contributed by atoms with Gasteiger partial charge in [0.05, 0.1) is 0 Å². The third-order valence-corrected chi connectivity index (χ3v) is 2.07. The van der Waals surface area contributed by atoms with Gasteiger partial charge in [-0.15, -0.1) is 0 Å².